The number of nitrogen functional groups attached to an aromatic ring is 1. The molecule has 0 spiro atoms. The van der Waals surface area contributed by atoms with Crippen LogP contribution >= 0.6 is 0 Å². The molecule has 0 aliphatic carbocycles. The molecule has 0 saturated carbocycles. The number of nitrogens with one attached hydrogen (secondary N) is 1. The van der Waals surface area contributed by atoms with Crippen molar-refractivity contribution >= 4 is 27.7 Å². The number of aromatic nitrogens is 3. The Labute approximate surface area is 126 Å². The molecule has 0 fully saturated rings. The third-order valence-electron chi connectivity index (χ3n) is 2.75. The third kappa shape index (κ3) is 2.99. The molecule has 0 bridgehead atoms. The molecule has 1 aromatic heterocycles. The van der Waals surface area contributed by atoms with Crippen LogP contribution in [0.15, 0.2) is 24.3 Å². The standard InChI is InChI=1S/C11H14N6O4S/c1-16(2)22(20,21)14-7-3-5-8(6-4-7)17-10(12)9(11(18)19)13-15-17/h3-6,14H,12H2,1-2H3,(H,18,19). The Morgan fingerprint density at radius 2 is 1.91 bits per heavy atom. The number of nitrogens with zero attached hydrogens (tertiary/aromatic N) is 4. The summed E-state index contributed by atoms with van der Waals surface area (Å²) in [6.45, 7) is 0. The Morgan fingerprint density at radius 1 is 1.32 bits per heavy atom. The minimum Gasteiger partial charge on any atom is -0.476 e. The lowest BCUT2D eigenvalue weighted by Crippen LogP contribution is -2.28. The summed E-state index contributed by atoms with van der Waals surface area (Å²) < 4.78 is 27.9. The molecule has 2 aromatic rings. The molecule has 10 nitrogen and oxygen atoms in total. The zero-order chi connectivity index (χ0) is 16.5. The molecule has 118 valence electrons. The van der Waals surface area contributed by atoms with Gasteiger partial charge in [0.25, 0.3) is 0 Å². The summed E-state index contributed by atoms with van der Waals surface area (Å²) in [6, 6.07) is 6.06. The molecule has 1 heterocycles. The number of carboxylic acid groups (broad SMARTS) is 1. The highest BCUT2D eigenvalue weighted by atomic mass is 32.2. The molecule has 22 heavy (non-hydrogen) atoms. The summed E-state index contributed by atoms with van der Waals surface area (Å²) in [7, 11) is -0.792. The largest absolute Gasteiger partial charge is 0.476 e. The van der Waals surface area contributed by atoms with E-state index in [1.54, 1.807) is 0 Å². The van der Waals surface area contributed by atoms with Crippen molar-refractivity contribution in [1.82, 2.24) is 19.3 Å². The number of carboxylic acids is 1. The Bertz CT molecular complexity index is 796. The first-order valence-electron chi connectivity index (χ1n) is 5.97. The Kier molecular flexibility index (Phi) is 4.01. The lowest BCUT2D eigenvalue weighted by Gasteiger charge is -2.13. The number of hydrogen-bond acceptors (Lipinski definition) is 6. The van der Waals surface area contributed by atoms with Crippen molar-refractivity contribution in [3.8, 4) is 5.69 Å². The van der Waals surface area contributed by atoms with E-state index in [9.17, 15) is 13.2 Å². The molecule has 0 unspecified atom stereocenters. The molecule has 1 aromatic carbocycles. The summed E-state index contributed by atoms with van der Waals surface area (Å²) in [6.07, 6.45) is 0. The van der Waals surface area contributed by atoms with Crippen molar-refractivity contribution < 1.29 is 18.3 Å². The average molecular weight is 326 g/mol. The highest BCUT2D eigenvalue weighted by molar-refractivity contribution is 7.90. The molecular weight excluding hydrogens is 312 g/mol. The van der Waals surface area contributed by atoms with Gasteiger partial charge < -0.3 is 10.8 Å². The van der Waals surface area contributed by atoms with Crippen LogP contribution in [-0.4, -0.2) is 52.9 Å². The monoisotopic (exact) mass is 326 g/mol. The van der Waals surface area contributed by atoms with Gasteiger partial charge in [0.1, 0.15) is 0 Å². The summed E-state index contributed by atoms with van der Waals surface area (Å²) in [4.78, 5) is 10.9. The van der Waals surface area contributed by atoms with Gasteiger partial charge in [-0.3, -0.25) is 4.72 Å². The van der Waals surface area contributed by atoms with Gasteiger partial charge in [0.05, 0.1) is 5.69 Å². The van der Waals surface area contributed by atoms with Crippen molar-refractivity contribution in [3.05, 3.63) is 30.0 Å². The molecule has 0 atom stereocenters. The Morgan fingerprint density at radius 3 is 2.36 bits per heavy atom. The van der Waals surface area contributed by atoms with E-state index in [0.29, 0.717) is 11.4 Å². The van der Waals surface area contributed by atoms with Crippen LogP contribution in [0.2, 0.25) is 0 Å². The first-order chi connectivity index (χ1) is 10.2. The zero-order valence-electron chi connectivity index (χ0n) is 11.8. The maximum atomic E-state index is 11.7. The first kappa shape index (κ1) is 15.7. The van der Waals surface area contributed by atoms with Crippen LogP contribution in [0.1, 0.15) is 10.5 Å². The fraction of sp³-hybridized carbons (Fsp3) is 0.182. The zero-order valence-corrected chi connectivity index (χ0v) is 12.6. The molecular formula is C11H14N6O4S. The van der Waals surface area contributed by atoms with Crippen molar-refractivity contribution in [2.75, 3.05) is 24.6 Å². The second-order valence-corrected chi connectivity index (χ2v) is 6.36. The summed E-state index contributed by atoms with van der Waals surface area (Å²) in [5.74, 6) is -1.40. The minimum atomic E-state index is -3.60. The molecule has 2 rings (SSSR count). The van der Waals surface area contributed by atoms with Gasteiger partial charge in [0.2, 0.25) is 5.69 Å². The van der Waals surface area contributed by atoms with Crippen LogP contribution in [0.3, 0.4) is 0 Å². The normalized spacial score (nSPS) is 11.6. The van der Waals surface area contributed by atoms with Gasteiger partial charge in [0.15, 0.2) is 5.82 Å². The van der Waals surface area contributed by atoms with E-state index < -0.39 is 16.2 Å². The maximum Gasteiger partial charge on any atom is 0.360 e. The highest BCUT2D eigenvalue weighted by Crippen LogP contribution is 2.18. The SMILES string of the molecule is CN(C)S(=O)(=O)Nc1ccc(-n2nnc(C(=O)O)c2N)cc1. The van der Waals surface area contributed by atoms with Gasteiger partial charge in [-0.2, -0.15) is 17.4 Å². The van der Waals surface area contributed by atoms with Crippen molar-refractivity contribution in [2.45, 2.75) is 0 Å². The number of anilines is 2. The number of benzene rings is 1. The fourth-order valence-corrected chi connectivity index (χ4v) is 2.16. The second-order valence-electron chi connectivity index (χ2n) is 4.48. The van der Waals surface area contributed by atoms with Gasteiger partial charge in [0, 0.05) is 19.8 Å². The number of nitrogens with two attached hydrogens (primary N) is 1. The summed E-state index contributed by atoms with van der Waals surface area (Å²) in [5, 5.41) is 16.0. The van der Waals surface area contributed by atoms with E-state index in [1.165, 1.54) is 38.4 Å². The van der Waals surface area contributed by atoms with Crippen molar-refractivity contribution in [2.24, 2.45) is 0 Å². The van der Waals surface area contributed by atoms with E-state index in [-0.39, 0.29) is 11.5 Å². The lowest BCUT2D eigenvalue weighted by molar-refractivity contribution is 0.0691. The van der Waals surface area contributed by atoms with E-state index >= 15 is 0 Å². The molecule has 0 aliphatic rings. The summed E-state index contributed by atoms with van der Waals surface area (Å²) in [5.41, 5.74) is 6.10. The van der Waals surface area contributed by atoms with Gasteiger partial charge in [-0.05, 0) is 24.3 Å². The van der Waals surface area contributed by atoms with Crippen molar-refractivity contribution in [1.29, 1.82) is 0 Å². The predicted molar refractivity (Wildman–Crippen MR) is 79.0 cm³/mol. The molecule has 4 N–H and O–H groups in total. The highest BCUT2D eigenvalue weighted by Gasteiger charge is 2.17. The first-order valence-corrected chi connectivity index (χ1v) is 7.41. The van der Waals surface area contributed by atoms with Crippen LogP contribution in [0.4, 0.5) is 11.5 Å². The molecule has 0 saturated heterocycles. The Hall–Kier alpha value is -2.66. The molecule has 11 heteroatoms. The minimum absolute atomic E-state index is 0.117. The van der Waals surface area contributed by atoms with E-state index in [1.807, 2.05) is 0 Å². The molecule has 0 aliphatic heterocycles. The second kappa shape index (κ2) is 5.61. The summed E-state index contributed by atoms with van der Waals surface area (Å²) >= 11 is 0. The predicted octanol–water partition coefficient (Wildman–Crippen LogP) is -0.234. The van der Waals surface area contributed by atoms with Crippen LogP contribution in [-0.2, 0) is 10.2 Å². The third-order valence-corrected chi connectivity index (χ3v) is 4.20. The van der Waals surface area contributed by atoms with Crippen LogP contribution in [0.5, 0.6) is 0 Å². The maximum absolute atomic E-state index is 11.7. The van der Waals surface area contributed by atoms with Gasteiger partial charge in [-0.25, -0.2) is 4.79 Å². The molecule has 0 radical (unpaired) electrons. The van der Waals surface area contributed by atoms with Crippen LogP contribution in [0.25, 0.3) is 5.69 Å². The van der Waals surface area contributed by atoms with Crippen LogP contribution in [0, 0.1) is 0 Å². The average Bonchev–Trinajstić information content (AvgIpc) is 2.81. The van der Waals surface area contributed by atoms with E-state index in [0.717, 1.165) is 8.99 Å². The van der Waals surface area contributed by atoms with E-state index in [2.05, 4.69) is 15.0 Å². The topological polar surface area (TPSA) is 143 Å². The van der Waals surface area contributed by atoms with Crippen molar-refractivity contribution in [3.63, 3.8) is 0 Å². The number of rotatable bonds is 5. The van der Waals surface area contributed by atoms with Crippen LogP contribution < -0.4 is 10.5 Å². The Balaban J connectivity index is 2.28. The number of carbonyl (C=O) groups is 1. The number of aromatic carboxylic acids is 1. The smallest absolute Gasteiger partial charge is 0.360 e. The lowest BCUT2D eigenvalue weighted by atomic mass is 10.3. The molecule has 0 amide bonds. The van der Waals surface area contributed by atoms with Gasteiger partial charge in [-0.15, -0.1) is 5.10 Å². The van der Waals surface area contributed by atoms with Gasteiger partial charge in [-0.1, -0.05) is 5.21 Å². The quantitative estimate of drug-likeness (QED) is 0.688. The van der Waals surface area contributed by atoms with Gasteiger partial charge >= 0.3 is 16.2 Å². The number of hydrogen-bond donors (Lipinski definition) is 3. The van der Waals surface area contributed by atoms with E-state index in [4.69, 9.17) is 10.8 Å². The fourth-order valence-electron chi connectivity index (χ4n) is 1.54.